The SMILES string of the molecule is CCOC(=O)CC(CCc1ccc(SCCN2C(=O)CCC2=O)c(OC)c1)c1ccc(Cl)cc1. The first-order valence-corrected chi connectivity index (χ1v) is 12.8. The summed E-state index contributed by atoms with van der Waals surface area (Å²) < 4.78 is 10.8. The van der Waals surface area contributed by atoms with Crippen molar-refractivity contribution in [1.29, 1.82) is 0 Å². The minimum atomic E-state index is -0.207. The number of halogens is 1. The van der Waals surface area contributed by atoms with E-state index in [1.54, 1.807) is 18.9 Å². The molecule has 0 N–H and O–H groups in total. The summed E-state index contributed by atoms with van der Waals surface area (Å²) in [5.74, 6) is 1.01. The van der Waals surface area contributed by atoms with Gasteiger partial charge in [-0.25, -0.2) is 0 Å². The molecular formula is C26H30ClNO5S. The molecule has 6 nitrogen and oxygen atoms in total. The van der Waals surface area contributed by atoms with Gasteiger partial charge in [0.25, 0.3) is 0 Å². The third-order valence-electron chi connectivity index (χ3n) is 5.80. The fourth-order valence-electron chi connectivity index (χ4n) is 3.99. The minimum Gasteiger partial charge on any atom is -0.496 e. The van der Waals surface area contributed by atoms with E-state index in [9.17, 15) is 14.4 Å². The van der Waals surface area contributed by atoms with Crippen LogP contribution in [0.3, 0.4) is 0 Å². The molecule has 0 radical (unpaired) electrons. The fourth-order valence-corrected chi connectivity index (χ4v) is 5.06. The van der Waals surface area contributed by atoms with Crippen molar-refractivity contribution in [2.45, 2.75) is 49.8 Å². The first-order chi connectivity index (χ1) is 16.4. The van der Waals surface area contributed by atoms with Crippen molar-refractivity contribution in [3.8, 4) is 5.75 Å². The summed E-state index contributed by atoms with van der Waals surface area (Å²) >= 11 is 7.60. The second-order valence-electron chi connectivity index (χ2n) is 8.07. The Morgan fingerprint density at radius 2 is 1.82 bits per heavy atom. The van der Waals surface area contributed by atoms with E-state index in [4.69, 9.17) is 21.1 Å². The number of imide groups is 1. The van der Waals surface area contributed by atoms with Gasteiger partial charge >= 0.3 is 5.97 Å². The predicted octanol–water partition coefficient (Wildman–Crippen LogP) is 5.26. The van der Waals surface area contributed by atoms with Crippen LogP contribution in [0.2, 0.25) is 5.02 Å². The van der Waals surface area contributed by atoms with Crippen LogP contribution < -0.4 is 4.74 Å². The second-order valence-corrected chi connectivity index (χ2v) is 9.64. The smallest absolute Gasteiger partial charge is 0.306 e. The van der Waals surface area contributed by atoms with E-state index in [1.807, 2.05) is 43.3 Å². The van der Waals surface area contributed by atoms with Gasteiger partial charge in [-0.05, 0) is 61.1 Å². The van der Waals surface area contributed by atoms with Crippen molar-refractivity contribution in [1.82, 2.24) is 4.90 Å². The van der Waals surface area contributed by atoms with Gasteiger partial charge in [0, 0.05) is 35.1 Å². The third kappa shape index (κ3) is 7.24. The van der Waals surface area contributed by atoms with E-state index in [-0.39, 0.29) is 23.7 Å². The molecule has 1 aliphatic rings. The van der Waals surface area contributed by atoms with Crippen LogP contribution in [0.25, 0.3) is 0 Å². The highest BCUT2D eigenvalue weighted by Crippen LogP contribution is 2.33. The standard InChI is InChI=1S/C26H30ClNO5S/c1-3-33-26(31)17-20(19-7-9-21(27)10-8-19)6-4-18-5-11-23(22(16-18)32-2)34-15-14-28-24(29)12-13-25(28)30/h5,7-11,16,20H,3-4,6,12-15,17H2,1-2H3. The van der Waals surface area contributed by atoms with E-state index >= 15 is 0 Å². The zero-order valence-electron chi connectivity index (χ0n) is 19.6. The van der Waals surface area contributed by atoms with Gasteiger partial charge in [0.15, 0.2) is 0 Å². The van der Waals surface area contributed by atoms with E-state index < -0.39 is 0 Å². The van der Waals surface area contributed by atoms with Crippen LogP contribution in [0, 0.1) is 0 Å². The van der Waals surface area contributed by atoms with Crippen LogP contribution in [0.15, 0.2) is 47.4 Å². The molecule has 1 atom stereocenters. The number of hydrogen-bond acceptors (Lipinski definition) is 6. The van der Waals surface area contributed by atoms with Gasteiger partial charge in [-0.1, -0.05) is 29.8 Å². The summed E-state index contributed by atoms with van der Waals surface area (Å²) in [6.07, 6.45) is 2.48. The van der Waals surface area contributed by atoms with Gasteiger partial charge in [-0.15, -0.1) is 11.8 Å². The summed E-state index contributed by atoms with van der Waals surface area (Å²) in [6.45, 7) is 2.58. The molecule has 34 heavy (non-hydrogen) atoms. The Bertz CT molecular complexity index is 995. The highest BCUT2D eigenvalue weighted by molar-refractivity contribution is 7.99. The molecule has 1 heterocycles. The Kier molecular flexibility index (Phi) is 9.84. The Balaban J connectivity index is 1.62. The van der Waals surface area contributed by atoms with E-state index in [0.717, 1.165) is 34.6 Å². The Labute approximate surface area is 209 Å². The molecule has 0 aromatic heterocycles. The lowest BCUT2D eigenvalue weighted by atomic mass is 9.89. The quantitative estimate of drug-likeness (QED) is 0.223. The zero-order valence-corrected chi connectivity index (χ0v) is 21.1. The molecule has 1 fully saturated rings. The first-order valence-electron chi connectivity index (χ1n) is 11.4. The molecule has 8 heteroatoms. The molecule has 1 saturated heterocycles. The maximum Gasteiger partial charge on any atom is 0.306 e. The third-order valence-corrected chi connectivity index (χ3v) is 7.08. The number of likely N-dealkylation sites (tertiary alicyclic amines) is 1. The Morgan fingerprint density at radius 1 is 1.12 bits per heavy atom. The first kappa shape index (κ1) is 26.1. The van der Waals surface area contributed by atoms with Gasteiger partial charge in [-0.3, -0.25) is 19.3 Å². The van der Waals surface area contributed by atoms with Crippen molar-refractivity contribution >= 4 is 41.1 Å². The highest BCUT2D eigenvalue weighted by atomic mass is 35.5. The molecule has 1 unspecified atom stereocenters. The summed E-state index contributed by atoms with van der Waals surface area (Å²) in [7, 11) is 1.63. The lowest BCUT2D eigenvalue weighted by Gasteiger charge is -2.18. The Hall–Kier alpha value is -2.51. The molecule has 182 valence electrons. The molecule has 2 aromatic carbocycles. The predicted molar refractivity (Wildman–Crippen MR) is 133 cm³/mol. The minimum absolute atomic E-state index is 0.0203. The largest absolute Gasteiger partial charge is 0.496 e. The maximum absolute atomic E-state index is 12.2. The van der Waals surface area contributed by atoms with Gasteiger partial charge < -0.3 is 9.47 Å². The summed E-state index contributed by atoms with van der Waals surface area (Å²) in [6, 6.07) is 13.7. The zero-order chi connectivity index (χ0) is 24.5. The number of nitrogens with zero attached hydrogens (tertiary/aromatic N) is 1. The summed E-state index contributed by atoms with van der Waals surface area (Å²) in [5.41, 5.74) is 2.16. The number of carbonyl (C=O) groups is 3. The van der Waals surface area contributed by atoms with Crippen LogP contribution in [0.4, 0.5) is 0 Å². The molecule has 0 spiro atoms. The average molecular weight is 504 g/mol. The van der Waals surface area contributed by atoms with Crippen molar-refractivity contribution in [3.05, 3.63) is 58.6 Å². The van der Waals surface area contributed by atoms with Gasteiger partial charge in [-0.2, -0.15) is 0 Å². The number of amides is 2. The number of thioether (sulfide) groups is 1. The van der Waals surface area contributed by atoms with Crippen LogP contribution in [0.1, 0.15) is 49.7 Å². The molecular weight excluding hydrogens is 474 g/mol. The van der Waals surface area contributed by atoms with Crippen molar-refractivity contribution in [2.75, 3.05) is 26.0 Å². The lowest BCUT2D eigenvalue weighted by molar-refractivity contribution is -0.143. The second kappa shape index (κ2) is 12.8. The van der Waals surface area contributed by atoms with Crippen LogP contribution in [-0.4, -0.2) is 48.7 Å². The van der Waals surface area contributed by atoms with Gasteiger partial charge in [0.2, 0.25) is 11.8 Å². The number of esters is 1. The van der Waals surface area contributed by atoms with E-state index in [1.165, 1.54) is 4.90 Å². The summed E-state index contributed by atoms with van der Waals surface area (Å²) in [5, 5.41) is 0.662. The number of carbonyl (C=O) groups excluding carboxylic acids is 3. The lowest BCUT2D eigenvalue weighted by Crippen LogP contribution is -2.31. The molecule has 0 bridgehead atoms. The van der Waals surface area contributed by atoms with Crippen LogP contribution in [0.5, 0.6) is 5.75 Å². The van der Waals surface area contributed by atoms with Crippen molar-refractivity contribution < 1.29 is 23.9 Å². The highest BCUT2D eigenvalue weighted by Gasteiger charge is 2.28. The molecule has 0 saturated carbocycles. The number of rotatable bonds is 12. The maximum atomic E-state index is 12.2. The monoisotopic (exact) mass is 503 g/mol. The topological polar surface area (TPSA) is 72.9 Å². The van der Waals surface area contributed by atoms with Gasteiger partial charge in [0.05, 0.1) is 20.1 Å². The van der Waals surface area contributed by atoms with Crippen molar-refractivity contribution in [3.63, 3.8) is 0 Å². The Morgan fingerprint density at radius 3 is 2.47 bits per heavy atom. The van der Waals surface area contributed by atoms with E-state index in [0.29, 0.717) is 43.2 Å². The number of hydrogen-bond donors (Lipinski definition) is 0. The number of methoxy groups -OCH3 is 1. The molecule has 2 aromatic rings. The average Bonchev–Trinajstić information content (AvgIpc) is 3.15. The van der Waals surface area contributed by atoms with Crippen LogP contribution in [-0.2, 0) is 25.5 Å². The normalized spacial score (nSPS) is 14.4. The van der Waals surface area contributed by atoms with E-state index in [2.05, 4.69) is 6.07 Å². The number of benzene rings is 2. The van der Waals surface area contributed by atoms with Crippen molar-refractivity contribution in [2.24, 2.45) is 0 Å². The molecule has 3 rings (SSSR count). The molecule has 2 amide bonds. The number of aryl methyl sites for hydroxylation is 1. The van der Waals surface area contributed by atoms with Gasteiger partial charge in [0.1, 0.15) is 5.75 Å². The molecule has 1 aliphatic heterocycles. The molecule has 0 aliphatic carbocycles. The van der Waals surface area contributed by atoms with Crippen LogP contribution >= 0.6 is 23.4 Å². The number of ether oxygens (including phenoxy) is 2. The summed E-state index contributed by atoms with van der Waals surface area (Å²) in [4.78, 5) is 38.0. The fraction of sp³-hybridized carbons (Fsp3) is 0.423.